The highest BCUT2D eigenvalue weighted by atomic mass is 79.9. The summed E-state index contributed by atoms with van der Waals surface area (Å²) in [5.41, 5.74) is 7.28. The Balaban J connectivity index is 2.07. The summed E-state index contributed by atoms with van der Waals surface area (Å²) in [7, 11) is 3.66. The van der Waals surface area contributed by atoms with Crippen LogP contribution < -0.4 is 10.5 Å². The Hall–Kier alpha value is -1.33. The Labute approximate surface area is 121 Å². The van der Waals surface area contributed by atoms with Crippen LogP contribution in [0.5, 0.6) is 5.75 Å². The third kappa shape index (κ3) is 3.36. The van der Waals surface area contributed by atoms with E-state index < -0.39 is 0 Å². The first kappa shape index (κ1) is 14.1. The van der Waals surface area contributed by atoms with Crippen molar-refractivity contribution in [2.24, 2.45) is 12.8 Å². The molecule has 2 rings (SSSR count). The van der Waals surface area contributed by atoms with Gasteiger partial charge in [-0.2, -0.15) is 0 Å². The number of nitrogens with zero attached hydrogens (tertiary/aromatic N) is 2. The van der Waals surface area contributed by atoms with E-state index in [2.05, 4.69) is 20.9 Å². The SMILES string of the molecule is COc1cc(Br)ccc1C(N)CCc1nccn1C. The molecule has 1 aromatic carbocycles. The number of ether oxygens (including phenoxy) is 1. The molecule has 1 atom stereocenters. The Bertz CT molecular complexity index is 553. The van der Waals surface area contributed by atoms with Gasteiger partial charge in [-0.15, -0.1) is 0 Å². The predicted molar refractivity (Wildman–Crippen MR) is 79.2 cm³/mol. The molecule has 0 saturated heterocycles. The topological polar surface area (TPSA) is 53.1 Å². The molecular weight excluding hydrogens is 306 g/mol. The molecule has 1 unspecified atom stereocenters. The normalized spacial score (nSPS) is 12.4. The smallest absolute Gasteiger partial charge is 0.124 e. The lowest BCUT2D eigenvalue weighted by Crippen LogP contribution is -2.13. The number of methoxy groups -OCH3 is 1. The molecule has 0 aliphatic rings. The lowest BCUT2D eigenvalue weighted by molar-refractivity contribution is 0.403. The van der Waals surface area contributed by atoms with Crippen LogP contribution in [0, 0.1) is 0 Å². The predicted octanol–water partition coefficient (Wildman–Crippen LogP) is 2.82. The molecule has 1 heterocycles. The zero-order valence-corrected chi connectivity index (χ0v) is 12.7. The van der Waals surface area contributed by atoms with Crippen molar-refractivity contribution < 1.29 is 4.74 Å². The Morgan fingerprint density at radius 3 is 2.89 bits per heavy atom. The van der Waals surface area contributed by atoms with Gasteiger partial charge < -0.3 is 15.0 Å². The Morgan fingerprint density at radius 2 is 2.26 bits per heavy atom. The summed E-state index contributed by atoms with van der Waals surface area (Å²) >= 11 is 3.43. The molecule has 0 fully saturated rings. The van der Waals surface area contributed by atoms with Gasteiger partial charge in [-0.05, 0) is 18.6 Å². The molecule has 0 amide bonds. The van der Waals surface area contributed by atoms with Gasteiger partial charge >= 0.3 is 0 Å². The van der Waals surface area contributed by atoms with Crippen LogP contribution >= 0.6 is 15.9 Å². The first-order valence-corrected chi connectivity index (χ1v) is 6.96. The number of nitrogens with two attached hydrogens (primary N) is 1. The van der Waals surface area contributed by atoms with Crippen molar-refractivity contribution in [2.75, 3.05) is 7.11 Å². The second-order valence-corrected chi connectivity index (χ2v) is 5.40. The van der Waals surface area contributed by atoms with Gasteiger partial charge in [0.25, 0.3) is 0 Å². The van der Waals surface area contributed by atoms with E-state index in [0.717, 1.165) is 34.5 Å². The van der Waals surface area contributed by atoms with E-state index >= 15 is 0 Å². The number of aromatic nitrogens is 2. The van der Waals surface area contributed by atoms with Crippen molar-refractivity contribution in [1.29, 1.82) is 0 Å². The summed E-state index contributed by atoms with van der Waals surface area (Å²) < 4.78 is 8.39. The highest BCUT2D eigenvalue weighted by Crippen LogP contribution is 2.29. The Kier molecular flexibility index (Phi) is 4.61. The third-order valence-corrected chi connectivity index (χ3v) is 3.69. The molecule has 102 valence electrons. The van der Waals surface area contributed by atoms with Gasteiger partial charge in [0.05, 0.1) is 7.11 Å². The number of benzene rings is 1. The van der Waals surface area contributed by atoms with Crippen LogP contribution in [0.4, 0.5) is 0 Å². The van der Waals surface area contributed by atoms with Crippen molar-refractivity contribution in [3.63, 3.8) is 0 Å². The highest BCUT2D eigenvalue weighted by Gasteiger charge is 2.13. The summed E-state index contributed by atoms with van der Waals surface area (Å²) in [6, 6.07) is 5.88. The van der Waals surface area contributed by atoms with Crippen LogP contribution in [0.15, 0.2) is 35.1 Å². The van der Waals surface area contributed by atoms with Crippen LogP contribution in [0.3, 0.4) is 0 Å². The number of imidazole rings is 1. The number of rotatable bonds is 5. The van der Waals surface area contributed by atoms with Crippen molar-refractivity contribution in [3.05, 3.63) is 46.5 Å². The van der Waals surface area contributed by atoms with Crippen molar-refractivity contribution in [3.8, 4) is 5.75 Å². The van der Waals surface area contributed by atoms with Gasteiger partial charge in [0.1, 0.15) is 11.6 Å². The molecule has 0 aliphatic carbocycles. The molecule has 1 aromatic heterocycles. The van der Waals surface area contributed by atoms with Crippen LogP contribution in [0.25, 0.3) is 0 Å². The van der Waals surface area contributed by atoms with E-state index in [1.54, 1.807) is 13.3 Å². The van der Waals surface area contributed by atoms with Crippen molar-refractivity contribution in [1.82, 2.24) is 9.55 Å². The maximum absolute atomic E-state index is 6.26. The molecule has 0 radical (unpaired) electrons. The summed E-state index contributed by atoms with van der Waals surface area (Å²) in [5, 5.41) is 0. The number of hydrogen-bond acceptors (Lipinski definition) is 3. The highest BCUT2D eigenvalue weighted by molar-refractivity contribution is 9.10. The van der Waals surface area contributed by atoms with E-state index in [9.17, 15) is 0 Å². The van der Waals surface area contributed by atoms with Gasteiger partial charge in [-0.25, -0.2) is 4.98 Å². The molecule has 19 heavy (non-hydrogen) atoms. The first-order chi connectivity index (χ1) is 9.11. The van der Waals surface area contributed by atoms with E-state index in [4.69, 9.17) is 10.5 Å². The maximum Gasteiger partial charge on any atom is 0.124 e. The van der Waals surface area contributed by atoms with E-state index in [1.807, 2.05) is 36.0 Å². The summed E-state index contributed by atoms with van der Waals surface area (Å²) in [5.74, 6) is 1.87. The van der Waals surface area contributed by atoms with Crippen LogP contribution in [0.1, 0.15) is 23.9 Å². The van der Waals surface area contributed by atoms with Crippen molar-refractivity contribution in [2.45, 2.75) is 18.9 Å². The van der Waals surface area contributed by atoms with Gasteiger partial charge in [0.2, 0.25) is 0 Å². The fraction of sp³-hybridized carbons (Fsp3) is 0.357. The van der Waals surface area contributed by atoms with E-state index in [0.29, 0.717) is 0 Å². The fourth-order valence-electron chi connectivity index (χ4n) is 2.07. The van der Waals surface area contributed by atoms with Crippen LogP contribution in [0.2, 0.25) is 0 Å². The minimum Gasteiger partial charge on any atom is -0.496 e. The number of halogens is 1. The first-order valence-electron chi connectivity index (χ1n) is 6.17. The minimum atomic E-state index is -0.0558. The van der Waals surface area contributed by atoms with Gasteiger partial charge in [0, 0.05) is 41.9 Å². The Morgan fingerprint density at radius 1 is 1.47 bits per heavy atom. The summed E-state index contributed by atoms with van der Waals surface area (Å²) in [6.07, 6.45) is 5.44. The zero-order chi connectivity index (χ0) is 13.8. The molecule has 0 bridgehead atoms. The average molecular weight is 324 g/mol. The quantitative estimate of drug-likeness (QED) is 0.920. The second-order valence-electron chi connectivity index (χ2n) is 4.49. The molecule has 0 saturated carbocycles. The monoisotopic (exact) mass is 323 g/mol. The lowest BCUT2D eigenvalue weighted by Gasteiger charge is -2.16. The molecular formula is C14H18BrN3O. The molecule has 5 heteroatoms. The molecule has 4 nitrogen and oxygen atoms in total. The minimum absolute atomic E-state index is 0.0558. The van der Waals surface area contributed by atoms with E-state index in [-0.39, 0.29) is 6.04 Å². The molecule has 2 aromatic rings. The largest absolute Gasteiger partial charge is 0.496 e. The number of hydrogen-bond donors (Lipinski definition) is 1. The van der Waals surface area contributed by atoms with Crippen molar-refractivity contribution >= 4 is 15.9 Å². The standard InChI is InChI=1S/C14H18BrN3O/c1-18-8-7-17-14(18)6-5-12(16)11-4-3-10(15)9-13(11)19-2/h3-4,7-9,12H,5-6,16H2,1-2H3. The van der Waals surface area contributed by atoms with Gasteiger partial charge in [-0.3, -0.25) is 0 Å². The maximum atomic E-state index is 6.26. The zero-order valence-electron chi connectivity index (χ0n) is 11.1. The summed E-state index contributed by atoms with van der Waals surface area (Å²) in [6.45, 7) is 0. The van der Waals surface area contributed by atoms with Gasteiger partial charge in [0.15, 0.2) is 0 Å². The van der Waals surface area contributed by atoms with E-state index in [1.165, 1.54) is 0 Å². The molecule has 0 spiro atoms. The fourth-order valence-corrected chi connectivity index (χ4v) is 2.41. The van der Waals surface area contributed by atoms with Crippen LogP contribution in [-0.2, 0) is 13.5 Å². The summed E-state index contributed by atoms with van der Waals surface area (Å²) in [4.78, 5) is 4.31. The molecule has 0 aliphatic heterocycles. The second kappa shape index (κ2) is 6.21. The average Bonchev–Trinajstić information content (AvgIpc) is 2.81. The number of aryl methyl sites for hydroxylation is 2. The third-order valence-electron chi connectivity index (χ3n) is 3.19. The van der Waals surface area contributed by atoms with Gasteiger partial charge in [-0.1, -0.05) is 22.0 Å². The lowest BCUT2D eigenvalue weighted by atomic mass is 10.0. The van der Waals surface area contributed by atoms with Crippen LogP contribution in [-0.4, -0.2) is 16.7 Å². The molecule has 2 N–H and O–H groups in total.